The second-order valence-corrected chi connectivity index (χ2v) is 6.06. The van der Waals surface area contributed by atoms with Gasteiger partial charge in [0, 0.05) is 24.6 Å². The summed E-state index contributed by atoms with van der Waals surface area (Å²) in [6.07, 6.45) is 3.99. The van der Waals surface area contributed by atoms with E-state index in [1.54, 1.807) is 6.20 Å². The first-order valence-electron chi connectivity index (χ1n) is 7.81. The quantitative estimate of drug-likeness (QED) is 0.940. The van der Waals surface area contributed by atoms with Gasteiger partial charge in [0.1, 0.15) is 0 Å². The Balaban J connectivity index is 1.80. The standard InChI is InChI=1S/C16H22N4O2/c1-10(2)20-15-12(8-18-20)7-14(11(3)19-15)16(21)17-9-13-5-4-6-22-13/h7-8,10,13H,4-6,9H2,1-3H3,(H,17,21)/t13-/m1/s1. The van der Waals surface area contributed by atoms with E-state index < -0.39 is 0 Å². The first-order chi connectivity index (χ1) is 10.6. The lowest BCUT2D eigenvalue weighted by Crippen LogP contribution is -2.32. The van der Waals surface area contributed by atoms with Crippen molar-refractivity contribution in [1.29, 1.82) is 0 Å². The van der Waals surface area contributed by atoms with E-state index in [1.165, 1.54) is 0 Å². The number of ether oxygens (including phenoxy) is 1. The van der Waals surface area contributed by atoms with E-state index in [9.17, 15) is 4.79 Å². The van der Waals surface area contributed by atoms with Gasteiger partial charge in [0.05, 0.1) is 23.6 Å². The third-order valence-corrected chi connectivity index (χ3v) is 4.01. The molecule has 1 atom stereocenters. The summed E-state index contributed by atoms with van der Waals surface area (Å²) >= 11 is 0. The highest BCUT2D eigenvalue weighted by Gasteiger charge is 2.19. The molecule has 118 valence electrons. The number of amides is 1. The van der Waals surface area contributed by atoms with E-state index in [2.05, 4.69) is 29.2 Å². The molecule has 1 amide bonds. The molecule has 1 saturated heterocycles. The summed E-state index contributed by atoms with van der Waals surface area (Å²) in [5, 5.41) is 8.18. The highest BCUT2D eigenvalue weighted by Crippen LogP contribution is 2.19. The first kappa shape index (κ1) is 15.0. The zero-order valence-corrected chi connectivity index (χ0v) is 13.3. The summed E-state index contributed by atoms with van der Waals surface area (Å²) in [4.78, 5) is 16.9. The van der Waals surface area contributed by atoms with E-state index in [0.29, 0.717) is 12.1 Å². The van der Waals surface area contributed by atoms with Crippen molar-refractivity contribution in [3.63, 3.8) is 0 Å². The number of nitrogens with zero attached hydrogens (tertiary/aromatic N) is 3. The van der Waals surface area contributed by atoms with Crippen molar-refractivity contribution < 1.29 is 9.53 Å². The number of pyridine rings is 1. The minimum atomic E-state index is -0.0975. The van der Waals surface area contributed by atoms with Crippen LogP contribution in [0.4, 0.5) is 0 Å². The van der Waals surface area contributed by atoms with Crippen LogP contribution in [0.1, 0.15) is 48.8 Å². The average Bonchev–Trinajstić information content (AvgIpc) is 3.12. The molecule has 6 heteroatoms. The van der Waals surface area contributed by atoms with Crippen molar-refractivity contribution in [3.05, 3.63) is 23.5 Å². The van der Waals surface area contributed by atoms with Gasteiger partial charge < -0.3 is 10.1 Å². The Morgan fingerprint density at radius 2 is 2.36 bits per heavy atom. The molecule has 0 radical (unpaired) electrons. The number of aryl methyl sites for hydroxylation is 1. The van der Waals surface area contributed by atoms with Gasteiger partial charge in [-0.25, -0.2) is 9.67 Å². The largest absolute Gasteiger partial charge is 0.376 e. The normalized spacial score (nSPS) is 18.3. The molecule has 0 aliphatic carbocycles. The van der Waals surface area contributed by atoms with Gasteiger partial charge in [-0.1, -0.05) is 0 Å². The molecular formula is C16H22N4O2. The number of hydrogen-bond donors (Lipinski definition) is 1. The molecule has 1 N–H and O–H groups in total. The minimum absolute atomic E-state index is 0.0975. The van der Waals surface area contributed by atoms with Crippen LogP contribution in [0.2, 0.25) is 0 Å². The highest BCUT2D eigenvalue weighted by atomic mass is 16.5. The Labute approximate surface area is 129 Å². The fourth-order valence-electron chi connectivity index (χ4n) is 2.78. The Hall–Kier alpha value is -1.95. The monoisotopic (exact) mass is 302 g/mol. The van der Waals surface area contributed by atoms with Crippen LogP contribution in [0.25, 0.3) is 11.0 Å². The van der Waals surface area contributed by atoms with Crippen LogP contribution in [0.15, 0.2) is 12.3 Å². The summed E-state index contributed by atoms with van der Waals surface area (Å²) in [7, 11) is 0. The lowest BCUT2D eigenvalue weighted by atomic mass is 10.1. The molecule has 0 aromatic carbocycles. The number of fused-ring (bicyclic) bond motifs is 1. The van der Waals surface area contributed by atoms with Crippen LogP contribution < -0.4 is 5.32 Å². The van der Waals surface area contributed by atoms with Crippen molar-refractivity contribution >= 4 is 16.9 Å². The number of rotatable bonds is 4. The number of nitrogens with one attached hydrogen (secondary N) is 1. The van der Waals surface area contributed by atoms with Gasteiger partial charge in [-0.15, -0.1) is 0 Å². The first-order valence-corrected chi connectivity index (χ1v) is 7.81. The summed E-state index contributed by atoms with van der Waals surface area (Å²) in [5.74, 6) is -0.0975. The number of aromatic nitrogens is 3. The summed E-state index contributed by atoms with van der Waals surface area (Å²) in [6.45, 7) is 7.33. The van der Waals surface area contributed by atoms with Gasteiger partial charge in [0.15, 0.2) is 5.65 Å². The maximum absolute atomic E-state index is 12.4. The van der Waals surface area contributed by atoms with Crippen molar-refractivity contribution in [2.24, 2.45) is 0 Å². The van der Waals surface area contributed by atoms with Gasteiger partial charge in [-0.2, -0.15) is 5.10 Å². The number of carbonyl (C=O) groups is 1. The minimum Gasteiger partial charge on any atom is -0.376 e. The van der Waals surface area contributed by atoms with Crippen LogP contribution in [0.3, 0.4) is 0 Å². The molecule has 0 saturated carbocycles. The van der Waals surface area contributed by atoms with E-state index in [4.69, 9.17) is 4.74 Å². The molecule has 0 spiro atoms. The molecular weight excluding hydrogens is 280 g/mol. The van der Waals surface area contributed by atoms with E-state index in [-0.39, 0.29) is 18.1 Å². The molecule has 1 fully saturated rings. The smallest absolute Gasteiger partial charge is 0.253 e. The summed E-state index contributed by atoms with van der Waals surface area (Å²) < 4.78 is 7.40. The zero-order chi connectivity index (χ0) is 15.7. The van der Waals surface area contributed by atoms with Crippen LogP contribution in [-0.4, -0.2) is 39.9 Å². The van der Waals surface area contributed by atoms with Gasteiger partial charge >= 0.3 is 0 Å². The average molecular weight is 302 g/mol. The molecule has 22 heavy (non-hydrogen) atoms. The molecule has 3 heterocycles. The van der Waals surface area contributed by atoms with Gasteiger partial charge in [0.25, 0.3) is 5.91 Å². The molecule has 2 aromatic heterocycles. The van der Waals surface area contributed by atoms with E-state index in [0.717, 1.165) is 36.2 Å². The van der Waals surface area contributed by atoms with Crippen LogP contribution in [-0.2, 0) is 4.74 Å². The Morgan fingerprint density at radius 1 is 1.55 bits per heavy atom. The number of carbonyl (C=O) groups excluding carboxylic acids is 1. The fraction of sp³-hybridized carbons (Fsp3) is 0.562. The Bertz CT molecular complexity index is 687. The van der Waals surface area contributed by atoms with Crippen molar-refractivity contribution in [2.45, 2.75) is 45.8 Å². The topological polar surface area (TPSA) is 69.0 Å². The van der Waals surface area contributed by atoms with E-state index in [1.807, 2.05) is 17.7 Å². The number of hydrogen-bond acceptors (Lipinski definition) is 4. The van der Waals surface area contributed by atoms with Crippen LogP contribution in [0.5, 0.6) is 0 Å². The molecule has 0 unspecified atom stereocenters. The summed E-state index contributed by atoms with van der Waals surface area (Å²) in [5.41, 5.74) is 2.15. The highest BCUT2D eigenvalue weighted by molar-refractivity contribution is 5.98. The summed E-state index contributed by atoms with van der Waals surface area (Å²) in [6, 6.07) is 2.11. The molecule has 1 aliphatic rings. The Morgan fingerprint density at radius 3 is 3.05 bits per heavy atom. The molecule has 6 nitrogen and oxygen atoms in total. The third-order valence-electron chi connectivity index (χ3n) is 4.01. The Kier molecular flexibility index (Phi) is 4.11. The van der Waals surface area contributed by atoms with Crippen LogP contribution in [0, 0.1) is 6.92 Å². The predicted octanol–water partition coefficient (Wildman–Crippen LogP) is 2.23. The maximum atomic E-state index is 12.4. The SMILES string of the molecule is Cc1nc2c(cnn2C(C)C)cc1C(=O)NC[C@H]1CCCO1. The molecule has 3 rings (SSSR count). The lowest BCUT2D eigenvalue weighted by molar-refractivity contribution is 0.0857. The molecule has 2 aromatic rings. The van der Waals surface area contributed by atoms with Crippen LogP contribution >= 0.6 is 0 Å². The zero-order valence-electron chi connectivity index (χ0n) is 13.3. The molecule has 1 aliphatic heterocycles. The fourth-order valence-corrected chi connectivity index (χ4v) is 2.78. The third kappa shape index (κ3) is 2.83. The molecule has 0 bridgehead atoms. The van der Waals surface area contributed by atoms with Gasteiger partial charge in [-0.05, 0) is 39.7 Å². The van der Waals surface area contributed by atoms with Crippen molar-refractivity contribution in [1.82, 2.24) is 20.1 Å². The maximum Gasteiger partial charge on any atom is 0.253 e. The predicted molar refractivity (Wildman–Crippen MR) is 84.0 cm³/mol. The van der Waals surface area contributed by atoms with Crippen molar-refractivity contribution in [3.8, 4) is 0 Å². The lowest BCUT2D eigenvalue weighted by Gasteiger charge is -2.12. The van der Waals surface area contributed by atoms with Crippen molar-refractivity contribution in [2.75, 3.05) is 13.2 Å². The van der Waals surface area contributed by atoms with Gasteiger partial charge in [-0.3, -0.25) is 4.79 Å². The van der Waals surface area contributed by atoms with E-state index >= 15 is 0 Å². The second-order valence-electron chi connectivity index (χ2n) is 6.06. The second kappa shape index (κ2) is 6.04. The van der Waals surface area contributed by atoms with Gasteiger partial charge in [0.2, 0.25) is 0 Å².